The molecule has 0 bridgehead atoms. The molecule has 0 saturated carbocycles. The molecule has 8 heteroatoms. The molecule has 1 aliphatic heterocycles. The maximum atomic E-state index is 11.8. The van der Waals surface area contributed by atoms with Gasteiger partial charge >= 0.3 is 5.97 Å². The first-order valence-electron chi connectivity index (χ1n) is 6.62. The number of aromatic nitrogens is 3. The molecule has 0 amide bonds. The molecule has 6 nitrogen and oxygen atoms in total. The number of anilines is 1. The predicted octanol–water partition coefficient (Wildman–Crippen LogP) is 2.53. The van der Waals surface area contributed by atoms with Gasteiger partial charge in [-0.2, -0.15) is 0 Å². The Labute approximate surface area is 135 Å². The lowest BCUT2D eigenvalue weighted by atomic mass is 9.98. The number of rotatable bonds is 2. The topological polar surface area (TPSA) is 59.7 Å². The molecule has 2 aromatic rings. The number of esters is 1. The highest BCUT2D eigenvalue weighted by molar-refractivity contribution is 9.10. The molecular formula is C13H14BrClN4O2. The van der Waals surface area contributed by atoms with Crippen LogP contribution in [-0.2, 0) is 9.53 Å². The van der Waals surface area contributed by atoms with E-state index < -0.39 is 0 Å². The summed E-state index contributed by atoms with van der Waals surface area (Å²) in [7, 11) is 1.42. The van der Waals surface area contributed by atoms with Gasteiger partial charge < -0.3 is 9.64 Å². The van der Waals surface area contributed by atoms with Gasteiger partial charge in [-0.3, -0.25) is 9.20 Å². The average molecular weight is 374 g/mol. The molecule has 0 unspecified atom stereocenters. The van der Waals surface area contributed by atoms with E-state index in [1.165, 1.54) is 7.11 Å². The fourth-order valence-corrected chi connectivity index (χ4v) is 3.58. The number of carbonyl (C=O) groups excluding carboxylic acids is 1. The van der Waals surface area contributed by atoms with Crippen LogP contribution in [0.3, 0.4) is 0 Å². The number of nitrogens with zero attached hydrogens (tertiary/aromatic N) is 4. The van der Waals surface area contributed by atoms with Crippen molar-refractivity contribution in [3.63, 3.8) is 0 Å². The largest absolute Gasteiger partial charge is 0.469 e. The molecule has 1 saturated heterocycles. The summed E-state index contributed by atoms with van der Waals surface area (Å²) >= 11 is 9.54. The highest BCUT2D eigenvalue weighted by Gasteiger charge is 2.29. The van der Waals surface area contributed by atoms with Gasteiger partial charge in [0.2, 0.25) is 5.95 Å². The Morgan fingerprint density at radius 3 is 3.14 bits per heavy atom. The van der Waals surface area contributed by atoms with Gasteiger partial charge in [0.25, 0.3) is 0 Å². The van der Waals surface area contributed by atoms with Crippen molar-refractivity contribution < 1.29 is 9.53 Å². The predicted molar refractivity (Wildman–Crippen MR) is 82.7 cm³/mol. The fraction of sp³-hybridized carbons (Fsp3) is 0.462. The van der Waals surface area contributed by atoms with Crippen LogP contribution in [0.4, 0.5) is 5.95 Å². The van der Waals surface area contributed by atoms with Crippen molar-refractivity contribution in [2.75, 3.05) is 25.1 Å². The van der Waals surface area contributed by atoms with Crippen LogP contribution in [0.5, 0.6) is 0 Å². The molecule has 3 heterocycles. The summed E-state index contributed by atoms with van der Waals surface area (Å²) in [6.45, 7) is 1.44. The molecule has 3 rings (SSSR count). The normalized spacial score (nSPS) is 19.0. The summed E-state index contributed by atoms with van der Waals surface area (Å²) in [5, 5.41) is 0.393. The zero-order chi connectivity index (χ0) is 15.0. The number of imidazole rings is 1. The van der Waals surface area contributed by atoms with Crippen LogP contribution < -0.4 is 4.90 Å². The second kappa shape index (κ2) is 5.81. The third kappa shape index (κ3) is 2.60. The second-order valence-corrected chi connectivity index (χ2v) is 6.06. The maximum Gasteiger partial charge on any atom is 0.310 e. The number of fused-ring (bicyclic) bond motifs is 1. The lowest BCUT2D eigenvalue weighted by Crippen LogP contribution is -2.40. The highest BCUT2D eigenvalue weighted by Crippen LogP contribution is 2.30. The first-order valence-corrected chi connectivity index (χ1v) is 7.79. The van der Waals surface area contributed by atoms with E-state index in [1.54, 1.807) is 6.20 Å². The third-order valence-electron chi connectivity index (χ3n) is 3.69. The van der Waals surface area contributed by atoms with E-state index in [1.807, 2.05) is 10.6 Å². The van der Waals surface area contributed by atoms with Crippen LogP contribution in [0.15, 0.2) is 17.0 Å². The molecule has 0 spiro atoms. The van der Waals surface area contributed by atoms with Gasteiger partial charge in [-0.1, -0.05) is 11.6 Å². The number of methoxy groups -OCH3 is 1. The molecule has 0 aromatic carbocycles. The Hall–Kier alpha value is -1.34. The van der Waals surface area contributed by atoms with E-state index in [4.69, 9.17) is 16.3 Å². The number of ether oxygens (including phenoxy) is 1. The third-order valence-corrected chi connectivity index (χ3v) is 4.52. The summed E-state index contributed by atoms with van der Waals surface area (Å²) in [5.74, 6) is 0.473. The van der Waals surface area contributed by atoms with Gasteiger partial charge in [0.1, 0.15) is 10.1 Å². The van der Waals surface area contributed by atoms with Crippen molar-refractivity contribution in [2.24, 2.45) is 5.92 Å². The Kier molecular flexibility index (Phi) is 4.03. The lowest BCUT2D eigenvalue weighted by molar-refractivity contribution is -0.145. The molecule has 21 heavy (non-hydrogen) atoms. The van der Waals surface area contributed by atoms with Crippen molar-refractivity contribution in [1.82, 2.24) is 14.4 Å². The minimum absolute atomic E-state index is 0.118. The standard InChI is InChI=1S/C13H14BrClN4O2/c1-21-12(20)8-3-2-5-18(7-8)13-17-10(14)9-11(15)16-4-6-19(9)13/h4,6,8H,2-3,5,7H2,1H3/t8-/m1/s1. The Balaban J connectivity index is 1.97. The lowest BCUT2D eigenvalue weighted by Gasteiger charge is -2.31. The van der Waals surface area contributed by atoms with Crippen LogP contribution in [0.2, 0.25) is 5.15 Å². The smallest absolute Gasteiger partial charge is 0.310 e. The van der Waals surface area contributed by atoms with Crippen LogP contribution >= 0.6 is 27.5 Å². The van der Waals surface area contributed by atoms with E-state index in [0.717, 1.165) is 30.9 Å². The van der Waals surface area contributed by atoms with E-state index in [0.29, 0.717) is 16.3 Å². The Morgan fingerprint density at radius 2 is 2.38 bits per heavy atom. The highest BCUT2D eigenvalue weighted by atomic mass is 79.9. The summed E-state index contributed by atoms with van der Waals surface area (Å²) < 4.78 is 7.39. The number of hydrogen-bond acceptors (Lipinski definition) is 5. The van der Waals surface area contributed by atoms with Crippen molar-refractivity contribution >= 4 is 45.0 Å². The molecule has 0 N–H and O–H groups in total. The van der Waals surface area contributed by atoms with Gasteiger partial charge in [-0.15, -0.1) is 0 Å². The first kappa shape index (κ1) is 14.6. The number of piperidine rings is 1. The van der Waals surface area contributed by atoms with E-state index in [9.17, 15) is 4.79 Å². The van der Waals surface area contributed by atoms with Crippen LogP contribution in [0.25, 0.3) is 5.52 Å². The van der Waals surface area contributed by atoms with Crippen molar-refractivity contribution in [3.05, 3.63) is 22.1 Å². The second-order valence-electron chi connectivity index (χ2n) is 4.95. The fourth-order valence-electron chi connectivity index (χ4n) is 2.69. The SMILES string of the molecule is COC(=O)[C@@H]1CCCN(c2nc(Br)c3c(Cl)nccn23)C1. The monoisotopic (exact) mass is 372 g/mol. The van der Waals surface area contributed by atoms with E-state index >= 15 is 0 Å². The van der Waals surface area contributed by atoms with Gasteiger partial charge in [0, 0.05) is 25.5 Å². The summed E-state index contributed by atoms with van der Waals surface area (Å²) in [5.41, 5.74) is 0.731. The van der Waals surface area contributed by atoms with Gasteiger partial charge in [-0.25, -0.2) is 9.97 Å². The molecule has 1 atom stereocenters. The van der Waals surface area contributed by atoms with E-state index in [2.05, 4.69) is 30.8 Å². The number of carbonyl (C=O) groups is 1. The molecule has 1 fully saturated rings. The zero-order valence-corrected chi connectivity index (χ0v) is 13.8. The van der Waals surface area contributed by atoms with Gasteiger partial charge in [-0.05, 0) is 28.8 Å². The summed E-state index contributed by atoms with van der Waals surface area (Å²) in [4.78, 5) is 22.4. The number of hydrogen-bond donors (Lipinski definition) is 0. The molecule has 2 aromatic heterocycles. The first-order chi connectivity index (χ1) is 10.1. The molecule has 112 valence electrons. The quantitative estimate of drug-likeness (QED) is 0.757. The zero-order valence-electron chi connectivity index (χ0n) is 11.4. The van der Waals surface area contributed by atoms with Gasteiger partial charge in [0.05, 0.1) is 13.0 Å². The van der Waals surface area contributed by atoms with Crippen molar-refractivity contribution in [3.8, 4) is 0 Å². The van der Waals surface area contributed by atoms with Crippen LogP contribution in [0, 0.1) is 5.92 Å². The minimum atomic E-state index is -0.167. The van der Waals surface area contributed by atoms with Crippen LogP contribution in [-0.4, -0.2) is 40.5 Å². The maximum absolute atomic E-state index is 11.8. The van der Waals surface area contributed by atoms with Crippen molar-refractivity contribution in [2.45, 2.75) is 12.8 Å². The Morgan fingerprint density at radius 1 is 1.57 bits per heavy atom. The van der Waals surface area contributed by atoms with Crippen molar-refractivity contribution in [1.29, 1.82) is 0 Å². The summed E-state index contributed by atoms with van der Waals surface area (Å²) in [6, 6.07) is 0. The molecule has 0 aliphatic carbocycles. The average Bonchev–Trinajstić information content (AvgIpc) is 2.85. The molecular weight excluding hydrogens is 360 g/mol. The van der Waals surface area contributed by atoms with E-state index in [-0.39, 0.29) is 11.9 Å². The van der Waals surface area contributed by atoms with Gasteiger partial charge in [0.15, 0.2) is 5.15 Å². The molecule has 0 radical (unpaired) electrons. The number of halogens is 2. The van der Waals surface area contributed by atoms with Crippen LogP contribution in [0.1, 0.15) is 12.8 Å². The summed E-state index contributed by atoms with van der Waals surface area (Å²) in [6.07, 6.45) is 5.21. The minimum Gasteiger partial charge on any atom is -0.469 e. The molecule has 1 aliphatic rings. The Bertz CT molecular complexity index is 690.